The van der Waals surface area contributed by atoms with Gasteiger partial charge in [0.1, 0.15) is 17.7 Å². The normalized spacial score (nSPS) is 16.8. The Balaban J connectivity index is 2.45. The number of carbonyl (C=O) groups is 3. The molecule has 1 aliphatic rings. The number of nitrogens with zero attached hydrogens (tertiary/aromatic N) is 1. The average molecular weight is 516 g/mol. The topological polar surface area (TPSA) is 87.7 Å². The molecule has 0 heterocycles. The smallest absolute Gasteiger partial charge is 0.408 e. The lowest BCUT2D eigenvalue weighted by molar-refractivity contribution is -0.144. The molecule has 1 aromatic rings. The first-order valence-corrected chi connectivity index (χ1v) is 14.1. The summed E-state index contributed by atoms with van der Waals surface area (Å²) in [5, 5.41) is 6.09. The predicted octanol–water partition coefficient (Wildman–Crippen LogP) is 6.05. The zero-order valence-electron chi connectivity index (χ0n) is 24.1. The van der Waals surface area contributed by atoms with Crippen LogP contribution in [0.4, 0.5) is 4.79 Å². The number of aryl methyl sites for hydroxylation is 1. The molecule has 37 heavy (non-hydrogen) atoms. The van der Waals surface area contributed by atoms with Crippen LogP contribution in [0.25, 0.3) is 0 Å². The summed E-state index contributed by atoms with van der Waals surface area (Å²) in [6.45, 7) is 13.8. The summed E-state index contributed by atoms with van der Waals surface area (Å²) in [4.78, 5) is 42.5. The van der Waals surface area contributed by atoms with Crippen LogP contribution < -0.4 is 10.6 Å². The van der Waals surface area contributed by atoms with E-state index in [0.29, 0.717) is 13.0 Å². The van der Waals surface area contributed by atoms with E-state index in [2.05, 4.69) is 17.6 Å². The van der Waals surface area contributed by atoms with Gasteiger partial charge in [-0.3, -0.25) is 9.59 Å². The SMILES string of the molecule is CCCCN(C(=O)C(NC(=O)OC(C)(C)C)C(C)CC)C(C(=O)NC1CCCCC1)c1ccc(C)cc1. The van der Waals surface area contributed by atoms with Crippen LogP contribution >= 0.6 is 0 Å². The van der Waals surface area contributed by atoms with Crippen LogP contribution in [0.5, 0.6) is 0 Å². The molecule has 208 valence electrons. The molecule has 0 aromatic heterocycles. The number of rotatable bonds is 11. The number of hydrogen-bond acceptors (Lipinski definition) is 4. The molecular formula is C30H49N3O4. The highest BCUT2D eigenvalue weighted by atomic mass is 16.6. The van der Waals surface area contributed by atoms with E-state index < -0.39 is 23.8 Å². The molecule has 1 aromatic carbocycles. The Hall–Kier alpha value is -2.57. The Labute approximate surface area is 224 Å². The summed E-state index contributed by atoms with van der Waals surface area (Å²) < 4.78 is 5.48. The maximum absolute atomic E-state index is 14.2. The van der Waals surface area contributed by atoms with Gasteiger partial charge in [-0.2, -0.15) is 0 Å². The van der Waals surface area contributed by atoms with Gasteiger partial charge in [-0.15, -0.1) is 0 Å². The van der Waals surface area contributed by atoms with Crippen molar-refractivity contribution < 1.29 is 19.1 Å². The number of ether oxygens (including phenoxy) is 1. The molecule has 1 aliphatic carbocycles. The van der Waals surface area contributed by atoms with E-state index >= 15 is 0 Å². The molecule has 3 atom stereocenters. The number of benzene rings is 1. The quantitative estimate of drug-likeness (QED) is 0.375. The Morgan fingerprint density at radius 2 is 1.68 bits per heavy atom. The van der Waals surface area contributed by atoms with Gasteiger partial charge >= 0.3 is 6.09 Å². The lowest BCUT2D eigenvalue weighted by Crippen LogP contribution is -2.56. The number of unbranched alkanes of at least 4 members (excludes halogenated alkanes) is 1. The molecule has 2 N–H and O–H groups in total. The Morgan fingerprint density at radius 3 is 2.22 bits per heavy atom. The van der Waals surface area contributed by atoms with Crippen LogP contribution in [0, 0.1) is 12.8 Å². The monoisotopic (exact) mass is 515 g/mol. The summed E-state index contributed by atoms with van der Waals surface area (Å²) in [6, 6.07) is 6.38. The van der Waals surface area contributed by atoms with Crippen LogP contribution in [-0.2, 0) is 14.3 Å². The van der Waals surface area contributed by atoms with E-state index in [0.717, 1.165) is 49.7 Å². The number of alkyl carbamates (subject to hydrolysis) is 1. The zero-order chi connectivity index (χ0) is 27.6. The summed E-state index contributed by atoms with van der Waals surface area (Å²) in [5.74, 6) is -0.539. The molecule has 0 spiro atoms. The fourth-order valence-electron chi connectivity index (χ4n) is 4.74. The highest BCUT2D eigenvalue weighted by Gasteiger charge is 2.38. The third kappa shape index (κ3) is 9.67. The summed E-state index contributed by atoms with van der Waals surface area (Å²) in [7, 11) is 0. The van der Waals surface area contributed by atoms with Crippen molar-refractivity contribution in [1.82, 2.24) is 15.5 Å². The van der Waals surface area contributed by atoms with Gasteiger partial charge in [-0.25, -0.2) is 4.79 Å². The van der Waals surface area contributed by atoms with E-state index in [1.54, 1.807) is 25.7 Å². The first-order chi connectivity index (χ1) is 17.5. The Morgan fingerprint density at radius 1 is 1.05 bits per heavy atom. The van der Waals surface area contributed by atoms with Crippen molar-refractivity contribution in [3.63, 3.8) is 0 Å². The third-order valence-corrected chi connectivity index (χ3v) is 7.09. The molecule has 0 saturated heterocycles. The van der Waals surface area contributed by atoms with E-state index in [-0.39, 0.29) is 23.8 Å². The average Bonchev–Trinajstić information content (AvgIpc) is 2.84. The summed E-state index contributed by atoms with van der Waals surface area (Å²) in [5.41, 5.74) is 1.19. The minimum Gasteiger partial charge on any atom is -0.444 e. The molecule has 3 unspecified atom stereocenters. The summed E-state index contributed by atoms with van der Waals surface area (Å²) in [6.07, 6.45) is 7.03. The molecule has 0 radical (unpaired) electrons. The molecule has 1 saturated carbocycles. The number of carbonyl (C=O) groups excluding carboxylic acids is 3. The van der Waals surface area contributed by atoms with Crippen molar-refractivity contribution >= 4 is 17.9 Å². The minimum atomic E-state index is -0.799. The fraction of sp³-hybridized carbons (Fsp3) is 0.700. The van der Waals surface area contributed by atoms with Gasteiger partial charge in [0.15, 0.2) is 0 Å². The zero-order valence-corrected chi connectivity index (χ0v) is 24.1. The Kier molecular flexibility index (Phi) is 11.9. The van der Waals surface area contributed by atoms with Gasteiger partial charge in [-0.1, -0.05) is 82.7 Å². The fourth-order valence-corrected chi connectivity index (χ4v) is 4.74. The van der Waals surface area contributed by atoms with Crippen molar-refractivity contribution in [3.05, 3.63) is 35.4 Å². The van der Waals surface area contributed by atoms with Crippen LogP contribution in [0.2, 0.25) is 0 Å². The molecule has 7 heteroatoms. The number of nitrogens with one attached hydrogen (secondary N) is 2. The van der Waals surface area contributed by atoms with Crippen molar-refractivity contribution in [3.8, 4) is 0 Å². The minimum absolute atomic E-state index is 0.127. The summed E-state index contributed by atoms with van der Waals surface area (Å²) >= 11 is 0. The second kappa shape index (κ2) is 14.4. The van der Waals surface area contributed by atoms with E-state index in [9.17, 15) is 14.4 Å². The van der Waals surface area contributed by atoms with Crippen LogP contribution in [-0.4, -0.2) is 47.0 Å². The van der Waals surface area contributed by atoms with Gasteiger partial charge in [-0.05, 0) is 58.4 Å². The highest BCUT2D eigenvalue weighted by Crippen LogP contribution is 2.27. The predicted molar refractivity (Wildman–Crippen MR) is 148 cm³/mol. The van der Waals surface area contributed by atoms with Gasteiger partial charge in [0.2, 0.25) is 11.8 Å². The second-order valence-corrected chi connectivity index (χ2v) is 11.6. The second-order valence-electron chi connectivity index (χ2n) is 11.6. The Bertz CT molecular complexity index is 872. The van der Waals surface area contributed by atoms with Gasteiger partial charge in [0.05, 0.1) is 0 Å². The van der Waals surface area contributed by atoms with E-state index in [1.807, 2.05) is 45.0 Å². The molecule has 1 fully saturated rings. The maximum atomic E-state index is 14.2. The lowest BCUT2D eigenvalue weighted by atomic mass is 9.93. The third-order valence-electron chi connectivity index (χ3n) is 7.09. The number of amides is 3. The first kappa shape index (κ1) is 30.7. The van der Waals surface area contributed by atoms with Crippen LogP contribution in [0.15, 0.2) is 24.3 Å². The van der Waals surface area contributed by atoms with Crippen molar-refractivity contribution in [2.24, 2.45) is 5.92 Å². The molecule has 0 aliphatic heterocycles. The molecule has 3 amide bonds. The maximum Gasteiger partial charge on any atom is 0.408 e. The standard InChI is InChI=1S/C30H49N3O4/c1-8-10-20-33(28(35)25(22(4)9-2)32-29(36)37-30(5,6)7)26(23-18-16-21(3)17-19-23)27(34)31-24-14-12-11-13-15-24/h16-19,22,24-26H,8-15,20H2,1-7H3,(H,31,34)(H,32,36). The van der Waals surface area contributed by atoms with Gasteiger partial charge in [0.25, 0.3) is 0 Å². The number of hydrogen-bond donors (Lipinski definition) is 2. The largest absolute Gasteiger partial charge is 0.444 e. The van der Waals surface area contributed by atoms with Crippen molar-refractivity contribution in [1.29, 1.82) is 0 Å². The lowest BCUT2D eigenvalue weighted by Gasteiger charge is -2.37. The van der Waals surface area contributed by atoms with Crippen molar-refractivity contribution in [2.75, 3.05) is 6.54 Å². The molecule has 7 nitrogen and oxygen atoms in total. The van der Waals surface area contributed by atoms with Gasteiger partial charge < -0.3 is 20.3 Å². The molecular weight excluding hydrogens is 466 g/mol. The van der Waals surface area contributed by atoms with E-state index in [4.69, 9.17) is 4.74 Å². The van der Waals surface area contributed by atoms with E-state index in [1.165, 1.54) is 6.42 Å². The molecule has 2 rings (SSSR count). The van der Waals surface area contributed by atoms with Crippen LogP contribution in [0.1, 0.15) is 110 Å². The highest BCUT2D eigenvalue weighted by molar-refractivity contribution is 5.92. The first-order valence-electron chi connectivity index (χ1n) is 14.1. The van der Waals surface area contributed by atoms with Gasteiger partial charge in [0, 0.05) is 12.6 Å². The van der Waals surface area contributed by atoms with Crippen LogP contribution in [0.3, 0.4) is 0 Å². The molecule has 0 bridgehead atoms. The van der Waals surface area contributed by atoms with Crippen molar-refractivity contribution in [2.45, 2.75) is 124 Å².